The van der Waals surface area contributed by atoms with Crippen LogP contribution in [0.4, 0.5) is 0 Å². The van der Waals surface area contributed by atoms with Crippen molar-refractivity contribution in [3.8, 4) is 0 Å². The van der Waals surface area contributed by atoms with E-state index in [2.05, 4.69) is 18.0 Å². The normalized spacial score (nSPS) is 14.9. The standard InChI is InChI=1S/C13H17N3/c1-9(12(15)8-14)10-6-7-16-13-5-3-2-4-11(10)13/h2-7,9,12H,8,14-15H2,1H3. The smallest absolute Gasteiger partial charge is 0.0704 e. The quantitative estimate of drug-likeness (QED) is 0.817. The zero-order valence-electron chi connectivity index (χ0n) is 9.43. The van der Waals surface area contributed by atoms with E-state index in [1.807, 2.05) is 30.5 Å². The molecule has 0 saturated heterocycles. The maximum atomic E-state index is 5.99. The highest BCUT2D eigenvalue weighted by atomic mass is 14.7. The lowest BCUT2D eigenvalue weighted by Crippen LogP contribution is -2.34. The van der Waals surface area contributed by atoms with E-state index >= 15 is 0 Å². The van der Waals surface area contributed by atoms with Crippen LogP contribution in [0.1, 0.15) is 18.4 Å². The van der Waals surface area contributed by atoms with E-state index in [1.165, 1.54) is 10.9 Å². The van der Waals surface area contributed by atoms with E-state index in [-0.39, 0.29) is 12.0 Å². The zero-order valence-corrected chi connectivity index (χ0v) is 9.43. The SMILES string of the molecule is CC(c1ccnc2ccccc12)C(N)CN. The molecule has 2 atom stereocenters. The molecule has 0 radical (unpaired) electrons. The van der Waals surface area contributed by atoms with Crippen LogP contribution in [0.2, 0.25) is 0 Å². The fourth-order valence-corrected chi connectivity index (χ4v) is 1.95. The van der Waals surface area contributed by atoms with Crippen LogP contribution < -0.4 is 11.5 Å². The molecule has 4 N–H and O–H groups in total. The Morgan fingerprint density at radius 3 is 2.75 bits per heavy atom. The second-order valence-corrected chi connectivity index (χ2v) is 4.11. The summed E-state index contributed by atoms with van der Waals surface area (Å²) in [5.41, 5.74) is 13.8. The van der Waals surface area contributed by atoms with Crippen molar-refractivity contribution >= 4 is 10.9 Å². The highest BCUT2D eigenvalue weighted by Crippen LogP contribution is 2.25. The van der Waals surface area contributed by atoms with E-state index in [9.17, 15) is 0 Å². The third-order valence-electron chi connectivity index (χ3n) is 3.09. The molecule has 2 aromatic rings. The molecular formula is C13H17N3. The first kappa shape index (κ1) is 11.0. The summed E-state index contributed by atoms with van der Waals surface area (Å²) in [7, 11) is 0. The van der Waals surface area contributed by atoms with Crippen molar-refractivity contribution in [1.82, 2.24) is 4.98 Å². The van der Waals surface area contributed by atoms with Crippen LogP contribution in [0.3, 0.4) is 0 Å². The fourth-order valence-electron chi connectivity index (χ4n) is 1.95. The van der Waals surface area contributed by atoms with Crippen LogP contribution in [0.25, 0.3) is 10.9 Å². The first-order valence-electron chi connectivity index (χ1n) is 5.53. The van der Waals surface area contributed by atoms with Gasteiger partial charge in [-0.2, -0.15) is 0 Å². The molecule has 1 aromatic heterocycles. The Morgan fingerprint density at radius 2 is 2.00 bits per heavy atom. The molecule has 0 spiro atoms. The molecule has 16 heavy (non-hydrogen) atoms. The van der Waals surface area contributed by atoms with E-state index in [1.54, 1.807) is 0 Å². The van der Waals surface area contributed by atoms with Crippen molar-refractivity contribution < 1.29 is 0 Å². The van der Waals surface area contributed by atoms with E-state index in [4.69, 9.17) is 11.5 Å². The van der Waals surface area contributed by atoms with Crippen molar-refractivity contribution in [3.63, 3.8) is 0 Å². The van der Waals surface area contributed by atoms with Gasteiger partial charge in [-0.1, -0.05) is 25.1 Å². The number of hydrogen-bond donors (Lipinski definition) is 2. The van der Waals surface area contributed by atoms with Gasteiger partial charge in [0.15, 0.2) is 0 Å². The second kappa shape index (κ2) is 4.60. The van der Waals surface area contributed by atoms with Gasteiger partial charge in [0, 0.05) is 24.2 Å². The first-order valence-corrected chi connectivity index (χ1v) is 5.53. The van der Waals surface area contributed by atoms with Gasteiger partial charge >= 0.3 is 0 Å². The molecule has 0 fully saturated rings. The van der Waals surface area contributed by atoms with Crippen LogP contribution in [-0.2, 0) is 0 Å². The van der Waals surface area contributed by atoms with Gasteiger partial charge in [0.25, 0.3) is 0 Å². The minimum absolute atomic E-state index is 0.00851. The van der Waals surface area contributed by atoms with Crippen molar-refractivity contribution in [2.75, 3.05) is 6.54 Å². The summed E-state index contributed by atoms with van der Waals surface area (Å²) in [5, 5.41) is 1.17. The summed E-state index contributed by atoms with van der Waals surface area (Å²) in [6, 6.07) is 10.1. The monoisotopic (exact) mass is 215 g/mol. The summed E-state index contributed by atoms with van der Waals surface area (Å²) < 4.78 is 0. The number of benzene rings is 1. The Morgan fingerprint density at radius 1 is 1.25 bits per heavy atom. The summed E-state index contributed by atoms with van der Waals surface area (Å²) in [6.07, 6.45) is 1.83. The van der Waals surface area contributed by atoms with Gasteiger partial charge in [-0.3, -0.25) is 4.98 Å². The third kappa shape index (κ3) is 1.92. The highest BCUT2D eigenvalue weighted by Gasteiger charge is 2.15. The molecule has 84 valence electrons. The molecule has 1 aromatic carbocycles. The summed E-state index contributed by atoms with van der Waals surface area (Å²) in [5.74, 6) is 0.248. The molecule has 0 aliphatic rings. The predicted octanol–water partition coefficient (Wildman–Crippen LogP) is 1.62. The molecule has 2 unspecified atom stereocenters. The van der Waals surface area contributed by atoms with Gasteiger partial charge in [0.2, 0.25) is 0 Å². The molecule has 0 aliphatic heterocycles. The van der Waals surface area contributed by atoms with Crippen molar-refractivity contribution in [2.24, 2.45) is 11.5 Å². The van der Waals surface area contributed by atoms with Crippen LogP contribution in [0, 0.1) is 0 Å². The number of nitrogens with two attached hydrogens (primary N) is 2. The van der Waals surface area contributed by atoms with Gasteiger partial charge < -0.3 is 11.5 Å². The zero-order chi connectivity index (χ0) is 11.5. The first-order chi connectivity index (χ1) is 7.74. The second-order valence-electron chi connectivity index (χ2n) is 4.11. The number of hydrogen-bond acceptors (Lipinski definition) is 3. The van der Waals surface area contributed by atoms with Crippen molar-refractivity contribution in [1.29, 1.82) is 0 Å². The maximum absolute atomic E-state index is 5.99. The number of fused-ring (bicyclic) bond motifs is 1. The van der Waals surface area contributed by atoms with Crippen LogP contribution in [0.5, 0.6) is 0 Å². The van der Waals surface area contributed by atoms with Gasteiger partial charge in [0.05, 0.1) is 5.52 Å². The van der Waals surface area contributed by atoms with Gasteiger partial charge in [-0.15, -0.1) is 0 Å². The number of nitrogens with zero attached hydrogens (tertiary/aromatic N) is 1. The minimum atomic E-state index is -0.00851. The average Bonchev–Trinajstić information content (AvgIpc) is 2.36. The number of aromatic nitrogens is 1. The molecule has 1 heterocycles. The Bertz CT molecular complexity index is 476. The topological polar surface area (TPSA) is 64.9 Å². The van der Waals surface area contributed by atoms with E-state index < -0.39 is 0 Å². The minimum Gasteiger partial charge on any atom is -0.329 e. The molecule has 0 aliphatic carbocycles. The van der Waals surface area contributed by atoms with Gasteiger partial charge in [-0.05, 0) is 23.6 Å². The highest BCUT2D eigenvalue weighted by molar-refractivity contribution is 5.82. The lowest BCUT2D eigenvalue weighted by molar-refractivity contribution is 0.578. The van der Waals surface area contributed by atoms with Crippen LogP contribution in [-0.4, -0.2) is 17.6 Å². The Labute approximate surface area is 95.5 Å². The van der Waals surface area contributed by atoms with Crippen molar-refractivity contribution in [2.45, 2.75) is 18.9 Å². The molecule has 2 rings (SSSR count). The maximum Gasteiger partial charge on any atom is 0.0704 e. The molecule has 0 bridgehead atoms. The van der Waals surface area contributed by atoms with Gasteiger partial charge in [0.1, 0.15) is 0 Å². The van der Waals surface area contributed by atoms with Crippen molar-refractivity contribution in [3.05, 3.63) is 42.1 Å². The summed E-state index contributed by atoms with van der Waals surface area (Å²) in [4.78, 5) is 4.34. The Kier molecular flexibility index (Phi) is 3.17. The molecule has 3 heteroatoms. The third-order valence-corrected chi connectivity index (χ3v) is 3.09. The molecule has 3 nitrogen and oxygen atoms in total. The average molecular weight is 215 g/mol. The summed E-state index contributed by atoms with van der Waals surface area (Å²) >= 11 is 0. The van der Waals surface area contributed by atoms with Crippen LogP contribution >= 0.6 is 0 Å². The Hall–Kier alpha value is -1.45. The molecular weight excluding hydrogens is 198 g/mol. The lowest BCUT2D eigenvalue weighted by atomic mass is 9.91. The predicted molar refractivity (Wildman–Crippen MR) is 67.2 cm³/mol. The molecule has 0 amide bonds. The van der Waals surface area contributed by atoms with E-state index in [0.717, 1.165) is 5.52 Å². The lowest BCUT2D eigenvalue weighted by Gasteiger charge is -2.19. The number of rotatable bonds is 3. The molecule has 0 saturated carbocycles. The fraction of sp³-hybridized carbons (Fsp3) is 0.308. The van der Waals surface area contributed by atoms with Crippen LogP contribution in [0.15, 0.2) is 36.5 Å². The largest absolute Gasteiger partial charge is 0.329 e. The number of para-hydroxylation sites is 1. The number of pyridine rings is 1. The van der Waals surface area contributed by atoms with E-state index in [0.29, 0.717) is 6.54 Å². The Balaban J connectivity index is 2.52. The van der Waals surface area contributed by atoms with Gasteiger partial charge in [-0.25, -0.2) is 0 Å². The summed E-state index contributed by atoms with van der Waals surface area (Å²) in [6.45, 7) is 2.61.